The van der Waals surface area contributed by atoms with Gasteiger partial charge in [0.05, 0.1) is 7.11 Å². The van der Waals surface area contributed by atoms with Gasteiger partial charge < -0.3 is 14.5 Å². The maximum absolute atomic E-state index is 12.6. The normalized spacial score (nSPS) is 24.3. The molecule has 130 valence electrons. The topological polar surface area (TPSA) is 49.9 Å². The molecular formula is C19H26N2O3. The third-order valence-electron chi connectivity index (χ3n) is 5.43. The average Bonchev–Trinajstić information content (AvgIpc) is 2.74. The third-order valence-corrected chi connectivity index (χ3v) is 5.43. The second-order valence-electron chi connectivity index (χ2n) is 6.93. The fourth-order valence-electron chi connectivity index (χ4n) is 3.88. The Bertz CT molecular complexity index is 599. The maximum Gasteiger partial charge on any atom is 0.223 e. The Balaban J connectivity index is 1.64. The van der Waals surface area contributed by atoms with Crippen LogP contribution < -0.4 is 4.74 Å². The molecular weight excluding hydrogens is 304 g/mol. The van der Waals surface area contributed by atoms with Crippen LogP contribution in [-0.4, -0.2) is 48.4 Å². The van der Waals surface area contributed by atoms with E-state index in [0.29, 0.717) is 24.8 Å². The van der Waals surface area contributed by atoms with E-state index in [9.17, 15) is 9.59 Å². The fraction of sp³-hybridized carbons (Fsp3) is 0.579. The van der Waals surface area contributed by atoms with Gasteiger partial charge in [0.15, 0.2) is 0 Å². The van der Waals surface area contributed by atoms with Crippen molar-refractivity contribution in [3.05, 3.63) is 29.8 Å². The SMILES string of the molecule is COc1ccc(CN2CCC3CN(C(C)=O)CCC3CC2=O)cc1. The highest BCUT2D eigenvalue weighted by molar-refractivity contribution is 5.77. The maximum atomic E-state index is 12.6. The molecule has 1 aromatic rings. The summed E-state index contributed by atoms with van der Waals surface area (Å²) in [5.41, 5.74) is 1.12. The number of likely N-dealkylation sites (tertiary alicyclic amines) is 2. The molecule has 2 saturated heterocycles. The molecule has 5 heteroatoms. The number of carbonyl (C=O) groups is 2. The van der Waals surface area contributed by atoms with E-state index in [0.717, 1.165) is 43.8 Å². The van der Waals surface area contributed by atoms with E-state index < -0.39 is 0 Å². The molecule has 2 fully saturated rings. The smallest absolute Gasteiger partial charge is 0.223 e. The lowest BCUT2D eigenvalue weighted by atomic mass is 9.82. The van der Waals surface area contributed by atoms with Crippen molar-refractivity contribution in [2.45, 2.75) is 32.7 Å². The van der Waals surface area contributed by atoms with Crippen LogP contribution in [0.25, 0.3) is 0 Å². The van der Waals surface area contributed by atoms with Crippen LogP contribution in [-0.2, 0) is 16.1 Å². The number of rotatable bonds is 3. The summed E-state index contributed by atoms with van der Waals surface area (Å²) < 4.78 is 5.18. The second kappa shape index (κ2) is 7.24. The Kier molecular flexibility index (Phi) is 5.07. The van der Waals surface area contributed by atoms with Crippen molar-refractivity contribution in [3.63, 3.8) is 0 Å². The van der Waals surface area contributed by atoms with Crippen molar-refractivity contribution in [2.24, 2.45) is 11.8 Å². The van der Waals surface area contributed by atoms with E-state index in [1.807, 2.05) is 34.1 Å². The lowest BCUT2D eigenvalue weighted by Crippen LogP contribution is -2.42. The highest BCUT2D eigenvalue weighted by atomic mass is 16.5. The summed E-state index contributed by atoms with van der Waals surface area (Å²) in [6.07, 6.45) is 2.55. The minimum Gasteiger partial charge on any atom is -0.497 e. The van der Waals surface area contributed by atoms with Crippen LogP contribution in [0, 0.1) is 11.8 Å². The van der Waals surface area contributed by atoms with Crippen molar-refractivity contribution in [3.8, 4) is 5.75 Å². The fourth-order valence-corrected chi connectivity index (χ4v) is 3.88. The molecule has 1 aromatic carbocycles. The summed E-state index contributed by atoms with van der Waals surface area (Å²) in [6, 6.07) is 7.90. The molecule has 0 aliphatic carbocycles. The Hall–Kier alpha value is -2.04. The van der Waals surface area contributed by atoms with Gasteiger partial charge in [0, 0.05) is 39.5 Å². The van der Waals surface area contributed by atoms with Gasteiger partial charge in [-0.05, 0) is 42.4 Å². The first-order valence-corrected chi connectivity index (χ1v) is 8.73. The first-order valence-electron chi connectivity index (χ1n) is 8.73. The number of nitrogens with zero attached hydrogens (tertiary/aromatic N) is 2. The van der Waals surface area contributed by atoms with Gasteiger partial charge in [-0.15, -0.1) is 0 Å². The van der Waals surface area contributed by atoms with Gasteiger partial charge in [-0.25, -0.2) is 0 Å². The number of amides is 2. The molecule has 2 aliphatic heterocycles. The van der Waals surface area contributed by atoms with Crippen LogP contribution in [0.5, 0.6) is 5.75 Å². The van der Waals surface area contributed by atoms with Crippen molar-refractivity contribution in [1.82, 2.24) is 9.80 Å². The van der Waals surface area contributed by atoms with Gasteiger partial charge in [-0.2, -0.15) is 0 Å². The molecule has 0 N–H and O–H groups in total. The molecule has 24 heavy (non-hydrogen) atoms. The van der Waals surface area contributed by atoms with E-state index in [1.54, 1.807) is 14.0 Å². The van der Waals surface area contributed by atoms with E-state index in [2.05, 4.69) is 0 Å². The van der Waals surface area contributed by atoms with Gasteiger partial charge in [-0.1, -0.05) is 12.1 Å². The summed E-state index contributed by atoms with van der Waals surface area (Å²) in [5.74, 6) is 2.10. The van der Waals surface area contributed by atoms with Gasteiger partial charge in [-0.3, -0.25) is 9.59 Å². The Labute approximate surface area is 143 Å². The molecule has 5 nitrogen and oxygen atoms in total. The van der Waals surface area contributed by atoms with Gasteiger partial charge in [0.2, 0.25) is 11.8 Å². The number of piperidine rings is 1. The first-order chi connectivity index (χ1) is 11.6. The van der Waals surface area contributed by atoms with Gasteiger partial charge >= 0.3 is 0 Å². The van der Waals surface area contributed by atoms with Gasteiger partial charge in [0.25, 0.3) is 0 Å². The summed E-state index contributed by atoms with van der Waals surface area (Å²) in [4.78, 5) is 28.2. The molecule has 0 spiro atoms. The standard InChI is InChI=1S/C19H26N2O3/c1-14(22)20-9-7-16-11-19(23)21(10-8-17(16)13-20)12-15-3-5-18(24-2)6-4-15/h3-6,16-17H,7-13H2,1-2H3. The molecule has 2 atom stereocenters. The van der Waals surface area contributed by atoms with E-state index in [-0.39, 0.29) is 11.8 Å². The number of hydrogen-bond acceptors (Lipinski definition) is 3. The van der Waals surface area contributed by atoms with Crippen LogP contribution in [0.1, 0.15) is 31.7 Å². The zero-order valence-electron chi connectivity index (χ0n) is 14.5. The van der Waals surface area contributed by atoms with Crippen LogP contribution in [0.15, 0.2) is 24.3 Å². The summed E-state index contributed by atoms with van der Waals surface area (Å²) in [7, 11) is 1.65. The largest absolute Gasteiger partial charge is 0.497 e. The minimum absolute atomic E-state index is 0.152. The third kappa shape index (κ3) is 3.71. The monoisotopic (exact) mass is 330 g/mol. The highest BCUT2D eigenvalue weighted by Gasteiger charge is 2.35. The van der Waals surface area contributed by atoms with Crippen molar-refractivity contribution in [1.29, 1.82) is 0 Å². The number of carbonyl (C=O) groups excluding carboxylic acids is 2. The quantitative estimate of drug-likeness (QED) is 0.854. The molecule has 2 amide bonds. The molecule has 0 bridgehead atoms. The predicted octanol–water partition coefficient (Wildman–Crippen LogP) is 2.30. The van der Waals surface area contributed by atoms with E-state index in [4.69, 9.17) is 4.74 Å². The number of benzene rings is 1. The zero-order valence-corrected chi connectivity index (χ0v) is 14.5. The molecule has 0 radical (unpaired) electrons. The first kappa shape index (κ1) is 16.8. The minimum atomic E-state index is 0.152. The number of fused-ring (bicyclic) bond motifs is 1. The Morgan fingerprint density at radius 1 is 1.17 bits per heavy atom. The highest BCUT2D eigenvalue weighted by Crippen LogP contribution is 2.32. The molecule has 3 rings (SSSR count). The summed E-state index contributed by atoms with van der Waals surface area (Å²) >= 11 is 0. The van der Waals surface area contributed by atoms with Crippen LogP contribution in [0.4, 0.5) is 0 Å². The Morgan fingerprint density at radius 2 is 1.88 bits per heavy atom. The molecule has 2 unspecified atom stereocenters. The number of hydrogen-bond donors (Lipinski definition) is 0. The lowest BCUT2D eigenvalue weighted by Gasteiger charge is -2.36. The van der Waals surface area contributed by atoms with Gasteiger partial charge in [0.1, 0.15) is 5.75 Å². The van der Waals surface area contributed by atoms with Crippen molar-refractivity contribution in [2.75, 3.05) is 26.7 Å². The molecule has 2 aliphatic rings. The number of ether oxygens (including phenoxy) is 1. The Morgan fingerprint density at radius 3 is 2.54 bits per heavy atom. The average molecular weight is 330 g/mol. The van der Waals surface area contributed by atoms with Crippen molar-refractivity contribution >= 4 is 11.8 Å². The molecule has 0 saturated carbocycles. The van der Waals surface area contributed by atoms with Crippen LogP contribution in [0.2, 0.25) is 0 Å². The van der Waals surface area contributed by atoms with E-state index in [1.165, 1.54) is 0 Å². The van der Waals surface area contributed by atoms with Crippen molar-refractivity contribution < 1.29 is 14.3 Å². The zero-order chi connectivity index (χ0) is 17.1. The molecule has 2 heterocycles. The number of methoxy groups -OCH3 is 1. The van der Waals surface area contributed by atoms with Crippen LogP contribution in [0.3, 0.4) is 0 Å². The second-order valence-corrected chi connectivity index (χ2v) is 6.93. The lowest BCUT2D eigenvalue weighted by molar-refractivity contribution is -0.132. The summed E-state index contributed by atoms with van der Waals surface area (Å²) in [5, 5.41) is 0. The molecule has 0 aromatic heterocycles. The summed E-state index contributed by atoms with van der Waals surface area (Å²) in [6.45, 7) is 4.67. The van der Waals surface area contributed by atoms with E-state index >= 15 is 0 Å². The predicted molar refractivity (Wildman–Crippen MR) is 91.5 cm³/mol. The van der Waals surface area contributed by atoms with Crippen LogP contribution >= 0.6 is 0 Å².